The van der Waals surface area contributed by atoms with Crippen molar-refractivity contribution in [2.75, 3.05) is 11.5 Å². The summed E-state index contributed by atoms with van der Waals surface area (Å²) in [4.78, 5) is 1.42. The number of aryl methyl sites for hydroxylation is 1. The normalized spacial score (nSPS) is 12.7. The number of thioether (sulfide) groups is 1. The van der Waals surface area contributed by atoms with Gasteiger partial charge < -0.3 is 0 Å². The summed E-state index contributed by atoms with van der Waals surface area (Å²) in [5, 5.41) is 0. The number of hydrogen-bond donors (Lipinski definition) is 1. The van der Waals surface area contributed by atoms with Gasteiger partial charge in [0.1, 0.15) is 0 Å². The van der Waals surface area contributed by atoms with Crippen molar-refractivity contribution in [2.24, 2.45) is 5.92 Å². The van der Waals surface area contributed by atoms with Gasteiger partial charge in [-0.25, -0.2) is 0 Å². The monoisotopic (exact) mass is 240 g/mol. The zero-order chi connectivity index (χ0) is 11.1. The molecule has 0 bridgehead atoms. The molecule has 0 spiro atoms. The Kier molecular flexibility index (Phi) is 6.26. The van der Waals surface area contributed by atoms with E-state index < -0.39 is 0 Å². The highest BCUT2D eigenvalue weighted by Crippen LogP contribution is 2.25. The summed E-state index contributed by atoms with van der Waals surface area (Å²) in [6, 6.07) is 8.60. The summed E-state index contributed by atoms with van der Waals surface area (Å²) in [6.07, 6.45) is 2.56. The first-order valence-electron chi connectivity index (χ1n) is 5.57. The van der Waals surface area contributed by atoms with Crippen LogP contribution in [0.1, 0.15) is 25.3 Å². The molecule has 1 unspecified atom stereocenters. The molecule has 1 aromatic rings. The molecule has 0 aliphatic rings. The Morgan fingerprint density at radius 2 is 2.07 bits per heavy atom. The highest BCUT2D eigenvalue weighted by atomic mass is 32.2. The van der Waals surface area contributed by atoms with E-state index in [1.807, 2.05) is 11.8 Å². The van der Waals surface area contributed by atoms with E-state index in [-0.39, 0.29) is 0 Å². The molecule has 0 aromatic heterocycles. The summed E-state index contributed by atoms with van der Waals surface area (Å²) >= 11 is 6.38. The predicted octanol–water partition coefficient (Wildman–Crippen LogP) is 4.43. The predicted molar refractivity (Wildman–Crippen MR) is 74.2 cm³/mol. The zero-order valence-electron chi connectivity index (χ0n) is 9.57. The van der Waals surface area contributed by atoms with Gasteiger partial charge in [-0.3, -0.25) is 0 Å². The molecular formula is C13H20S2. The lowest BCUT2D eigenvalue weighted by Gasteiger charge is -2.13. The molecule has 0 saturated carbocycles. The molecule has 0 aliphatic heterocycles. The molecule has 1 rings (SSSR count). The van der Waals surface area contributed by atoms with E-state index in [0.29, 0.717) is 0 Å². The third-order valence-electron chi connectivity index (χ3n) is 2.52. The fraction of sp³-hybridized carbons (Fsp3) is 0.538. The Balaban J connectivity index is 2.45. The summed E-state index contributed by atoms with van der Waals surface area (Å²) in [5.41, 5.74) is 1.39. The molecular weight excluding hydrogens is 220 g/mol. The zero-order valence-corrected chi connectivity index (χ0v) is 11.3. The molecule has 84 valence electrons. The van der Waals surface area contributed by atoms with Crippen molar-refractivity contribution in [3.8, 4) is 0 Å². The maximum Gasteiger partial charge on any atom is 0.0101 e. The summed E-state index contributed by atoms with van der Waals surface area (Å²) in [7, 11) is 0. The van der Waals surface area contributed by atoms with E-state index in [2.05, 4.69) is 50.7 Å². The largest absolute Gasteiger partial charge is 0.179 e. The fourth-order valence-electron chi connectivity index (χ4n) is 1.56. The first-order valence-corrected chi connectivity index (χ1v) is 7.19. The topological polar surface area (TPSA) is 0 Å². The number of thiol groups is 1. The Morgan fingerprint density at radius 1 is 1.33 bits per heavy atom. The van der Waals surface area contributed by atoms with Crippen LogP contribution in [0.2, 0.25) is 0 Å². The average Bonchev–Trinajstić information content (AvgIpc) is 2.26. The van der Waals surface area contributed by atoms with E-state index in [1.165, 1.54) is 29.1 Å². The Hall–Kier alpha value is -0.0800. The minimum Gasteiger partial charge on any atom is -0.179 e. The van der Waals surface area contributed by atoms with Crippen molar-refractivity contribution in [1.29, 1.82) is 0 Å². The van der Waals surface area contributed by atoms with Gasteiger partial charge in [-0.15, -0.1) is 11.8 Å². The van der Waals surface area contributed by atoms with Crippen LogP contribution < -0.4 is 0 Å². The van der Waals surface area contributed by atoms with Crippen molar-refractivity contribution >= 4 is 24.4 Å². The van der Waals surface area contributed by atoms with Crippen LogP contribution in [0.25, 0.3) is 0 Å². The van der Waals surface area contributed by atoms with Crippen molar-refractivity contribution in [2.45, 2.75) is 31.6 Å². The quantitative estimate of drug-likeness (QED) is 0.567. The molecule has 0 nitrogen and oxygen atoms in total. The molecule has 2 heteroatoms. The SMILES string of the molecule is CCCC(CS)CSc1ccccc1C. The van der Waals surface area contributed by atoms with Gasteiger partial charge in [-0.1, -0.05) is 31.5 Å². The third-order valence-corrected chi connectivity index (χ3v) is 4.45. The molecule has 1 atom stereocenters. The molecule has 0 N–H and O–H groups in total. The first kappa shape index (κ1) is 13.0. The van der Waals surface area contributed by atoms with Crippen molar-refractivity contribution in [3.63, 3.8) is 0 Å². The second kappa shape index (κ2) is 7.24. The molecule has 1 aromatic carbocycles. The van der Waals surface area contributed by atoms with Gasteiger partial charge in [-0.2, -0.15) is 12.6 Å². The standard InChI is InChI=1S/C13H20S2/c1-3-6-12(9-14)10-15-13-8-5-4-7-11(13)2/h4-5,7-8,12,14H,3,6,9-10H2,1-2H3. The van der Waals surface area contributed by atoms with E-state index in [1.54, 1.807) is 0 Å². The van der Waals surface area contributed by atoms with Gasteiger partial charge in [0.25, 0.3) is 0 Å². The molecule has 0 saturated heterocycles. The lowest BCUT2D eigenvalue weighted by molar-refractivity contribution is 0.595. The molecule has 15 heavy (non-hydrogen) atoms. The second-order valence-electron chi connectivity index (χ2n) is 3.91. The van der Waals surface area contributed by atoms with Crippen molar-refractivity contribution in [3.05, 3.63) is 29.8 Å². The lowest BCUT2D eigenvalue weighted by atomic mass is 10.1. The van der Waals surface area contributed by atoms with Gasteiger partial charge in [0, 0.05) is 10.6 Å². The summed E-state index contributed by atoms with van der Waals surface area (Å²) in [6.45, 7) is 4.42. The molecule has 0 aliphatic carbocycles. The van der Waals surface area contributed by atoms with Crippen molar-refractivity contribution in [1.82, 2.24) is 0 Å². The third kappa shape index (κ3) is 4.52. The van der Waals surface area contributed by atoms with Crippen LogP contribution in [-0.4, -0.2) is 11.5 Å². The first-order chi connectivity index (χ1) is 7.27. The smallest absolute Gasteiger partial charge is 0.0101 e. The van der Waals surface area contributed by atoms with E-state index >= 15 is 0 Å². The van der Waals surface area contributed by atoms with E-state index in [4.69, 9.17) is 0 Å². The van der Waals surface area contributed by atoms with Gasteiger partial charge in [0.05, 0.1) is 0 Å². The molecule has 0 radical (unpaired) electrons. The molecule has 0 heterocycles. The van der Waals surface area contributed by atoms with E-state index in [0.717, 1.165) is 11.7 Å². The summed E-state index contributed by atoms with van der Waals surface area (Å²) < 4.78 is 0. The minimum absolute atomic E-state index is 0.753. The van der Waals surface area contributed by atoms with Crippen LogP contribution in [0.3, 0.4) is 0 Å². The van der Waals surface area contributed by atoms with Gasteiger partial charge in [-0.05, 0) is 36.6 Å². The van der Waals surface area contributed by atoms with Crippen LogP contribution in [0.15, 0.2) is 29.2 Å². The van der Waals surface area contributed by atoms with Crippen LogP contribution in [0, 0.1) is 12.8 Å². The number of hydrogen-bond acceptors (Lipinski definition) is 2. The van der Waals surface area contributed by atoms with Crippen LogP contribution >= 0.6 is 24.4 Å². The Labute approximate surface area is 103 Å². The van der Waals surface area contributed by atoms with Crippen molar-refractivity contribution < 1.29 is 0 Å². The maximum absolute atomic E-state index is 4.41. The average molecular weight is 240 g/mol. The summed E-state index contributed by atoms with van der Waals surface area (Å²) in [5.74, 6) is 2.96. The highest BCUT2D eigenvalue weighted by molar-refractivity contribution is 7.99. The number of benzene rings is 1. The van der Waals surface area contributed by atoms with E-state index in [9.17, 15) is 0 Å². The second-order valence-corrected chi connectivity index (χ2v) is 5.34. The Morgan fingerprint density at radius 3 is 2.67 bits per heavy atom. The van der Waals surface area contributed by atoms with Gasteiger partial charge in [0.15, 0.2) is 0 Å². The fourth-order valence-corrected chi connectivity index (χ4v) is 3.22. The Bertz CT molecular complexity index is 284. The maximum atomic E-state index is 4.41. The molecule has 0 amide bonds. The van der Waals surface area contributed by atoms with Crippen LogP contribution in [-0.2, 0) is 0 Å². The number of rotatable bonds is 6. The highest BCUT2D eigenvalue weighted by Gasteiger charge is 2.07. The van der Waals surface area contributed by atoms with Crippen LogP contribution in [0.4, 0.5) is 0 Å². The lowest BCUT2D eigenvalue weighted by Crippen LogP contribution is -2.05. The van der Waals surface area contributed by atoms with Gasteiger partial charge >= 0.3 is 0 Å². The molecule has 0 fully saturated rings. The van der Waals surface area contributed by atoms with Gasteiger partial charge in [0.2, 0.25) is 0 Å². The minimum atomic E-state index is 0.753. The van der Waals surface area contributed by atoms with Crippen LogP contribution in [0.5, 0.6) is 0 Å².